The number of hydrogen-bond donors (Lipinski definition) is 0. The standard InChI is InChI=1S/C14H15NO4/c1-17-12-4-2-3-11(14(5-6-14)15-9-16)13(12)19-10-7-18-8-10/h2-4,10H,5-8H2,1H3. The molecule has 5 heteroatoms. The lowest BCUT2D eigenvalue weighted by Crippen LogP contribution is -2.39. The Balaban J connectivity index is 2.00. The second-order valence-corrected chi connectivity index (χ2v) is 4.85. The highest BCUT2D eigenvalue weighted by molar-refractivity contribution is 5.54. The molecule has 0 radical (unpaired) electrons. The second kappa shape index (κ2) is 4.68. The van der Waals surface area contributed by atoms with Gasteiger partial charge in [0.1, 0.15) is 11.6 Å². The summed E-state index contributed by atoms with van der Waals surface area (Å²) in [6.45, 7) is 1.17. The summed E-state index contributed by atoms with van der Waals surface area (Å²) >= 11 is 0. The van der Waals surface area contributed by atoms with Crippen LogP contribution in [0.4, 0.5) is 0 Å². The highest BCUT2D eigenvalue weighted by atomic mass is 16.6. The van der Waals surface area contributed by atoms with E-state index < -0.39 is 5.54 Å². The molecule has 1 aliphatic heterocycles. The van der Waals surface area contributed by atoms with Crippen LogP contribution >= 0.6 is 0 Å². The third-order valence-corrected chi connectivity index (χ3v) is 3.58. The van der Waals surface area contributed by atoms with Crippen LogP contribution in [0.2, 0.25) is 0 Å². The number of aliphatic imine (C=N–C) groups is 1. The Bertz CT molecular complexity index is 528. The SMILES string of the molecule is COc1cccc(C2(N=C=O)CC2)c1OC1COC1. The van der Waals surface area contributed by atoms with Gasteiger partial charge in [-0.05, 0) is 18.9 Å². The van der Waals surface area contributed by atoms with Gasteiger partial charge >= 0.3 is 0 Å². The zero-order valence-electron chi connectivity index (χ0n) is 10.7. The molecular weight excluding hydrogens is 246 g/mol. The van der Waals surface area contributed by atoms with E-state index in [1.807, 2.05) is 18.2 Å². The molecule has 2 aliphatic rings. The lowest BCUT2D eigenvalue weighted by Gasteiger charge is -2.29. The first-order chi connectivity index (χ1) is 9.29. The number of nitrogens with zero attached hydrogens (tertiary/aromatic N) is 1. The highest BCUT2D eigenvalue weighted by Gasteiger charge is 2.47. The fourth-order valence-electron chi connectivity index (χ4n) is 2.26. The van der Waals surface area contributed by atoms with Crippen molar-refractivity contribution in [1.82, 2.24) is 0 Å². The van der Waals surface area contributed by atoms with Crippen molar-refractivity contribution in [1.29, 1.82) is 0 Å². The van der Waals surface area contributed by atoms with E-state index in [1.54, 1.807) is 13.2 Å². The van der Waals surface area contributed by atoms with E-state index in [4.69, 9.17) is 14.2 Å². The second-order valence-electron chi connectivity index (χ2n) is 4.85. The Kier molecular flexibility index (Phi) is 3.01. The van der Waals surface area contributed by atoms with Crippen molar-refractivity contribution in [3.63, 3.8) is 0 Å². The number of methoxy groups -OCH3 is 1. The van der Waals surface area contributed by atoms with Gasteiger partial charge in [0.2, 0.25) is 6.08 Å². The minimum absolute atomic E-state index is 0.0473. The molecule has 3 rings (SSSR count). The molecule has 2 fully saturated rings. The lowest BCUT2D eigenvalue weighted by atomic mass is 10.0. The van der Waals surface area contributed by atoms with Crippen LogP contribution < -0.4 is 9.47 Å². The van der Waals surface area contributed by atoms with Crippen molar-refractivity contribution in [3.05, 3.63) is 23.8 Å². The van der Waals surface area contributed by atoms with Gasteiger partial charge in [0.05, 0.1) is 20.3 Å². The Morgan fingerprint density at radius 1 is 1.42 bits per heavy atom. The van der Waals surface area contributed by atoms with Gasteiger partial charge in [0.15, 0.2) is 11.5 Å². The molecule has 100 valence electrons. The number of rotatable bonds is 5. The normalized spacial score (nSPS) is 20.1. The van der Waals surface area contributed by atoms with Gasteiger partial charge in [-0.2, -0.15) is 4.99 Å². The number of ether oxygens (including phenoxy) is 3. The van der Waals surface area contributed by atoms with Gasteiger partial charge in [-0.1, -0.05) is 12.1 Å². The molecule has 0 atom stereocenters. The zero-order chi connectivity index (χ0) is 13.3. The largest absolute Gasteiger partial charge is 0.493 e. The van der Waals surface area contributed by atoms with Crippen LogP contribution in [-0.2, 0) is 15.1 Å². The first kappa shape index (κ1) is 12.2. The molecule has 1 aromatic carbocycles. The van der Waals surface area contributed by atoms with E-state index >= 15 is 0 Å². The molecule has 0 unspecified atom stereocenters. The summed E-state index contributed by atoms with van der Waals surface area (Å²) in [5.41, 5.74) is 0.443. The number of isocyanates is 1. The maximum absolute atomic E-state index is 10.6. The lowest BCUT2D eigenvalue weighted by molar-refractivity contribution is -0.0808. The van der Waals surface area contributed by atoms with E-state index in [0.717, 1.165) is 18.4 Å². The first-order valence-electron chi connectivity index (χ1n) is 6.30. The Labute approximate surface area is 111 Å². The molecule has 0 bridgehead atoms. The smallest absolute Gasteiger partial charge is 0.235 e. The molecule has 1 aromatic rings. The number of benzene rings is 1. The quantitative estimate of drug-likeness (QED) is 0.599. The van der Waals surface area contributed by atoms with E-state index in [0.29, 0.717) is 24.7 Å². The van der Waals surface area contributed by atoms with Crippen molar-refractivity contribution in [2.45, 2.75) is 24.5 Å². The molecule has 1 saturated heterocycles. The van der Waals surface area contributed by atoms with Crippen molar-refractivity contribution in [3.8, 4) is 11.5 Å². The van der Waals surface area contributed by atoms with Gasteiger partial charge in [-0.15, -0.1) is 0 Å². The molecule has 0 amide bonds. The Morgan fingerprint density at radius 3 is 2.74 bits per heavy atom. The highest BCUT2D eigenvalue weighted by Crippen LogP contribution is 2.54. The van der Waals surface area contributed by atoms with E-state index in [2.05, 4.69) is 4.99 Å². The summed E-state index contributed by atoms with van der Waals surface area (Å²) < 4.78 is 16.4. The molecule has 0 N–H and O–H groups in total. The van der Waals surface area contributed by atoms with Crippen LogP contribution in [0.1, 0.15) is 18.4 Å². The third kappa shape index (κ3) is 2.11. The predicted octanol–water partition coefficient (Wildman–Crippen LogP) is 1.80. The molecule has 1 saturated carbocycles. The number of carbonyl (C=O) groups excluding carboxylic acids is 1. The zero-order valence-corrected chi connectivity index (χ0v) is 10.7. The van der Waals surface area contributed by atoms with Crippen LogP contribution in [0.15, 0.2) is 23.2 Å². The minimum atomic E-state index is -0.462. The van der Waals surface area contributed by atoms with E-state index in [1.165, 1.54) is 0 Å². The Hall–Kier alpha value is -1.84. The third-order valence-electron chi connectivity index (χ3n) is 3.58. The molecule has 0 aromatic heterocycles. The summed E-state index contributed by atoms with van der Waals surface area (Å²) in [5.74, 6) is 1.34. The summed E-state index contributed by atoms with van der Waals surface area (Å²) in [7, 11) is 1.60. The first-order valence-corrected chi connectivity index (χ1v) is 6.30. The van der Waals surface area contributed by atoms with E-state index in [-0.39, 0.29) is 6.10 Å². The summed E-state index contributed by atoms with van der Waals surface area (Å²) in [6.07, 6.45) is 3.40. The maximum atomic E-state index is 10.6. The van der Waals surface area contributed by atoms with Crippen molar-refractivity contribution >= 4 is 6.08 Å². The molecule has 1 aliphatic carbocycles. The monoisotopic (exact) mass is 261 g/mol. The summed E-state index contributed by atoms with van der Waals surface area (Å²) in [4.78, 5) is 14.6. The number of para-hydroxylation sites is 1. The van der Waals surface area contributed by atoms with Crippen molar-refractivity contribution in [2.24, 2.45) is 4.99 Å². The van der Waals surface area contributed by atoms with Crippen LogP contribution in [0.25, 0.3) is 0 Å². The Morgan fingerprint density at radius 2 is 2.21 bits per heavy atom. The molecule has 1 heterocycles. The fourth-order valence-corrected chi connectivity index (χ4v) is 2.26. The minimum Gasteiger partial charge on any atom is -0.493 e. The maximum Gasteiger partial charge on any atom is 0.235 e. The number of hydrogen-bond acceptors (Lipinski definition) is 5. The fraction of sp³-hybridized carbons (Fsp3) is 0.500. The summed E-state index contributed by atoms with van der Waals surface area (Å²) in [5, 5.41) is 0. The molecule has 5 nitrogen and oxygen atoms in total. The van der Waals surface area contributed by atoms with Crippen molar-refractivity contribution < 1.29 is 19.0 Å². The van der Waals surface area contributed by atoms with E-state index in [9.17, 15) is 4.79 Å². The topological polar surface area (TPSA) is 57.1 Å². The van der Waals surface area contributed by atoms with Gasteiger partial charge < -0.3 is 14.2 Å². The van der Waals surface area contributed by atoms with Gasteiger partial charge in [0, 0.05) is 5.56 Å². The average molecular weight is 261 g/mol. The van der Waals surface area contributed by atoms with Crippen LogP contribution in [-0.4, -0.2) is 32.5 Å². The van der Waals surface area contributed by atoms with Gasteiger partial charge in [-0.25, -0.2) is 4.79 Å². The van der Waals surface area contributed by atoms with Crippen LogP contribution in [0, 0.1) is 0 Å². The van der Waals surface area contributed by atoms with Crippen LogP contribution in [0.5, 0.6) is 11.5 Å². The van der Waals surface area contributed by atoms with Gasteiger partial charge in [-0.3, -0.25) is 0 Å². The molecular formula is C14H15NO4. The van der Waals surface area contributed by atoms with Crippen molar-refractivity contribution in [2.75, 3.05) is 20.3 Å². The summed E-state index contributed by atoms with van der Waals surface area (Å²) in [6, 6.07) is 5.67. The average Bonchev–Trinajstić information content (AvgIpc) is 3.15. The predicted molar refractivity (Wildman–Crippen MR) is 67.3 cm³/mol. The van der Waals surface area contributed by atoms with Crippen LogP contribution in [0.3, 0.4) is 0 Å². The van der Waals surface area contributed by atoms with Gasteiger partial charge in [0.25, 0.3) is 0 Å². The molecule has 0 spiro atoms. The molecule has 19 heavy (non-hydrogen) atoms.